The first kappa shape index (κ1) is 13.8. The fraction of sp³-hybridized carbons (Fsp3) is 0.286. The molecule has 19 heavy (non-hydrogen) atoms. The van der Waals surface area contributed by atoms with Gasteiger partial charge in [-0.05, 0) is 38.1 Å². The number of rotatable bonds is 5. The Morgan fingerprint density at radius 3 is 2.63 bits per heavy atom. The van der Waals surface area contributed by atoms with Crippen LogP contribution in [-0.2, 0) is 0 Å². The zero-order valence-corrected chi connectivity index (χ0v) is 11.5. The lowest BCUT2D eigenvalue weighted by Crippen LogP contribution is -2.06. The first-order chi connectivity index (χ1) is 9.04. The molecule has 1 heterocycles. The van der Waals surface area contributed by atoms with Crippen LogP contribution in [0.15, 0.2) is 36.4 Å². The molecular weight excluding hydrogens is 268 g/mol. The van der Waals surface area contributed by atoms with Crippen molar-refractivity contribution in [1.29, 1.82) is 0 Å². The third-order valence-electron chi connectivity index (χ3n) is 2.63. The topological polar surface area (TPSA) is 21.3 Å². The molecule has 1 N–H and O–H groups in total. The Bertz CT molecular complexity index is 542. The minimum atomic E-state index is -2.80. The molecule has 0 aliphatic heterocycles. The molecule has 2 rings (SSSR count). The second-order valence-electron chi connectivity index (χ2n) is 4.22. The summed E-state index contributed by atoms with van der Waals surface area (Å²) in [6, 6.07) is 10.9. The predicted molar refractivity (Wildman–Crippen MR) is 74.2 cm³/mol. The van der Waals surface area contributed by atoms with Crippen LogP contribution in [0.2, 0.25) is 0 Å². The first-order valence-electron chi connectivity index (χ1n) is 5.92. The average Bonchev–Trinajstić information content (AvgIpc) is 2.75. The van der Waals surface area contributed by atoms with Gasteiger partial charge in [0.15, 0.2) is 0 Å². The number of alkyl halides is 2. The quantitative estimate of drug-likeness (QED) is 0.848. The lowest BCUT2D eigenvalue weighted by molar-refractivity contribution is -0.0498. The Kier molecular flexibility index (Phi) is 4.37. The Balaban J connectivity index is 2.06. The summed E-state index contributed by atoms with van der Waals surface area (Å²) in [6.45, 7) is 1.29. The van der Waals surface area contributed by atoms with E-state index in [-0.39, 0.29) is 11.8 Å². The molecule has 0 aliphatic rings. The summed E-state index contributed by atoms with van der Waals surface area (Å²) in [6.07, 6.45) is 0. The van der Waals surface area contributed by atoms with Crippen molar-refractivity contribution in [1.82, 2.24) is 0 Å². The van der Waals surface area contributed by atoms with Gasteiger partial charge in [-0.1, -0.05) is 6.07 Å². The zero-order valence-electron chi connectivity index (χ0n) is 10.7. The van der Waals surface area contributed by atoms with Crippen molar-refractivity contribution in [2.75, 3.05) is 5.32 Å². The highest BCUT2D eigenvalue weighted by Crippen LogP contribution is 2.27. The van der Waals surface area contributed by atoms with Gasteiger partial charge in [0.1, 0.15) is 5.75 Å². The van der Waals surface area contributed by atoms with E-state index in [1.165, 1.54) is 15.8 Å². The molecular formula is C14H15F2NOS. The monoisotopic (exact) mass is 283 g/mol. The molecule has 0 saturated heterocycles. The molecule has 102 valence electrons. The SMILES string of the molecule is Cc1ccc(C(C)Nc2cccc(OC(F)F)c2)s1. The Morgan fingerprint density at radius 1 is 1.21 bits per heavy atom. The zero-order chi connectivity index (χ0) is 13.8. The number of thiophene rings is 1. The minimum absolute atomic E-state index is 0.125. The number of hydrogen-bond acceptors (Lipinski definition) is 3. The Labute approximate surface area is 115 Å². The van der Waals surface area contributed by atoms with Crippen molar-refractivity contribution in [3.05, 3.63) is 46.2 Å². The lowest BCUT2D eigenvalue weighted by Gasteiger charge is -2.14. The third kappa shape index (κ3) is 3.92. The highest BCUT2D eigenvalue weighted by atomic mass is 32.1. The second-order valence-corrected chi connectivity index (χ2v) is 5.54. The van der Waals surface area contributed by atoms with Gasteiger partial charge in [-0.2, -0.15) is 8.78 Å². The van der Waals surface area contributed by atoms with Crippen LogP contribution in [-0.4, -0.2) is 6.61 Å². The van der Waals surface area contributed by atoms with E-state index in [0.29, 0.717) is 0 Å². The van der Waals surface area contributed by atoms with Crippen LogP contribution in [0.1, 0.15) is 22.7 Å². The maximum Gasteiger partial charge on any atom is 0.387 e. The molecule has 1 aromatic carbocycles. The van der Waals surface area contributed by atoms with Crippen molar-refractivity contribution in [2.24, 2.45) is 0 Å². The minimum Gasteiger partial charge on any atom is -0.435 e. The van der Waals surface area contributed by atoms with Crippen LogP contribution in [0, 0.1) is 6.92 Å². The van der Waals surface area contributed by atoms with Gasteiger partial charge in [-0.15, -0.1) is 11.3 Å². The molecule has 0 bridgehead atoms. The predicted octanol–water partition coefficient (Wildman–Crippen LogP) is 4.83. The van der Waals surface area contributed by atoms with Gasteiger partial charge in [-0.3, -0.25) is 0 Å². The highest BCUT2D eigenvalue weighted by Gasteiger charge is 2.09. The van der Waals surface area contributed by atoms with Crippen molar-refractivity contribution in [3.8, 4) is 5.75 Å². The Morgan fingerprint density at radius 2 is 2.00 bits per heavy atom. The number of ether oxygens (including phenoxy) is 1. The molecule has 1 unspecified atom stereocenters. The number of hydrogen-bond donors (Lipinski definition) is 1. The fourth-order valence-electron chi connectivity index (χ4n) is 1.77. The molecule has 0 amide bonds. The molecule has 2 aromatic rings. The summed E-state index contributed by atoms with van der Waals surface area (Å²) in [4.78, 5) is 2.45. The van der Waals surface area contributed by atoms with Gasteiger partial charge in [0.2, 0.25) is 0 Å². The lowest BCUT2D eigenvalue weighted by atomic mass is 10.2. The third-order valence-corrected chi connectivity index (χ3v) is 3.81. The van der Waals surface area contributed by atoms with Crippen LogP contribution in [0.4, 0.5) is 14.5 Å². The number of anilines is 1. The van der Waals surface area contributed by atoms with Gasteiger partial charge in [-0.25, -0.2) is 0 Å². The summed E-state index contributed by atoms with van der Waals surface area (Å²) >= 11 is 1.72. The molecule has 1 atom stereocenters. The van der Waals surface area contributed by atoms with E-state index in [1.807, 2.05) is 13.0 Å². The van der Waals surface area contributed by atoms with E-state index in [4.69, 9.17) is 0 Å². The van der Waals surface area contributed by atoms with Crippen LogP contribution >= 0.6 is 11.3 Å². The van der Waals surface area contributed by atoms with E-state index in [0.717, 1.165) is 5.69 Å². The van der Waals surface area contributed by atoms with Gasteiger partial charge < -0.3 is 10.1 Å². The molecule has 0 radical (unpaired) electrons. The molecule has 0 aliphatic carbocycles. The molecule has 0 spiro atoms. The van der Waals surface area contributed by atoms with E-state index in [9.17, 15) is 8.78 Å². The highest BCUT2D eigenvalue weighted by molar-refractivity contribution is 7.12. The van der Waals surface area contributed by atoms with Gasteiger partial charge in [0.05, 0.1) is 6.04 Å². The van der Waals surface area contributed by atoms with Crippen molar-refractivity contribution < 1.29 is 13.5 Å². The first-order valence-corrected chi connectivity index (χ1v) is 6.74. The number of benzene rings is 1. The second kappa shape index (κ2) is 6.02. The van der Waals surface area contributed by atoms with Crippen LogP contribution in [0.3, 0.4) is 0 Å². The molecule has 1 aromatic heterocycles. The fourth-order valence-corrected chi connectivity index (χ4v) is 2.65. The Hall–Kier alpha value is -1.62. The van der Waals surface area contributed by atoms with Crippen LogP contribution in [0.5, 0.6) is 5.75 Å². The van der Waals surface area contributed by atoms with Gasteiger partial charge in [0.25, 0.3) is 0 Å². The van der Waals surface area contributed by atoms with E-state index >= 15 is 0 Å². The molecule has 2 nitrogen and oxygen atoms in total. The smallest absolute Gasteiger partial charge is 0.387 e. The molecule has 0 saturated carbocycles. The van der Waals surface area contributed by atoms with Crippen molar-refractivity contribution in [2.45, 2.75) is 26.5 Å². The summed E-state index contributed by atoms with van der Waals surface area (Å²) in [7, 11) is 0. The summed E-state index contributed by atoms with van der Waals surface area (Å²) < 4.78 is 28.7. The maximum absolute atomic E-state index is 12.1. The van der Waals surface area contributed by atoms with E-state index in [1.54, 1.807) is 23.5 Å². The largest absolute Gasteiger partial charge is 0.435 e. The summed E-state index contributed by atoms with van der Waals surface area (Å²) in [5, 5.41) is 3.27. The van der Waals surface area contributed by atoms with Crippen LogP contribution in [0.25, 0.3) is 0 Å². The molecule has 5 heteroatoms. The summed E-state index contributed by atoms with van der Waals surface area (Å²) in [5.41, 5.74) is 0.761. The maximum atomic E-state index is 12.1. The number of nitrogens with one attached hydrogen (secondary N) is 1. The van der Waals surface area contributed by atoms with Gasteiger partial charge in [0, 0.05) is 21.5 Å². The summed E-state index contributed by atoms with van der Waals surface area (Å²) in [5.74, 6) is 0.162. The van der Waals surface area contributed by atoms with E-state index < -0.39 is 6.61 Å². The number of halogens is 2. The van der Waals surface area contributed by atoms with Crippen molar-refractivity contribution in [3.63, 3.8) is 0 Å². The standard InChI is InChI=1S/C14H15F2NOS/c1-9-6-7-13(19-9)10(2)17-11-4-3-5-12(8-11)18-14(15)16/h3-8,10,14,17H,1-2H3. The normalized spacial score (nSPS) is 12.5. The average molecular weight is 283 g/mol. The van der Waals surface area contributed by atoms with E-state index in [2.05, 4.69) is 29.1 Å². The molecule has 0 fully saturated rings. The van der Waals surface area contributed by atoms with Gasteiger partial charge >= 0.3 is 6.61 Å². The van der Waals surface area contributed by atoms with Crippen LogP contribution < -0.4 is 10.1 Å². The number of aryl methyl sites for hydroxylation is 1. The van der Waals surface area contributed by atoms with Crippen molar-refractivity contribution >= 4 is 17.0 Å².